The summed E-state index contributed by atoms with van der Waals surface area (Å²) in [5, 5.41) is 0. The molecule has 0 spiro atoms. The molecule has 1 nitrogen and oxygen atoms in total. The van der Waals surface area contributed by atoms with Crippen LogP contribution in [-0.4, -0.2) is 5.78 Å². The third-order valence-electron chi connectivity index (χ3n) is 3.84. The standard InChI is InChI=1S/C24H20O/c1-4-20-10-6-8-12-22(17-20)14-15-24(25)19(3)16-23-13-9-7-11-21(5-2)18-23/h1-2,6-16H,17-18H2,3H3/b15-14+,19-16+. The number of carbonyl (C=O) groups excluding carboxylic acids is 1. The van der Waals surface area contributed by atoms with Gasteiger partial charge in [-0.2, -0.15) is 0 Å². The predicted molar refractivity (Wildman–Crippen MR) is 105 cm³/mol. The van der Waals surface area contributed by atoms with Crippen LogP contribution in [0.3, 0.4) is 0 Å². The molecular formula is C24H20O. The highest BCUT2D eigenvalue weighted by Gasteiger charge is 2.05. The molecule has 0 radical (unpaired) electrons. The lowest BCUT2D eigenvalue weighted by Gasteiger charge is -2.03. The van der Waals surface area contributed by atoms with Gasteiger partial charge in [0.25, 0.3) is 0 Å². The van der Waals surface area contributed by atoms with Crippen molar-refractivity contribution in [3.05, 3.63) is 94.7 Å². The van der Waals surface area contributed by atoms with E-state index >= 15 is 0 Å². The van der Waals surface area contributed by atoms with Gasteiger partial charge < -0.3 is 0 Å². The molecule has 0 aliphatic heterocycles. The van der Waals surface area contributed by atoms with Crippen molar-refractivity contribution in [2.75, 3.05) is 0 Å². The van der Waals surface area contributed by atoms with Gasteiger partial charge in [0, 0.05) is 24.0 Å². The molecule has 2 aliphatic rings. The van der Waals surface area contributed by atoms with Crippen LogP contribution in [0.2, 0.25) is 0 Å². The van der Waals surface area contributed by atoms with E-state index in [1.807, 2.05) is 67.7 Å². The Kier molecular flexibility index (Phi) is 6.58. The van der Waals surface area contributed by atoms with E-state index in [1.54, 1.807) is 6.08 Å². The second kappa shape index (κ2) is 9.11. The van der Waals surface area contributed by atoms with E-state index < -0.39 is 0 Å². The van der Waals surface area contributed by atoms with Gasteiger partial charge in [-0.3, -0.25) is 4.79 Å². The Hall–Kier alpha value is -3.29. The third kappa shape index (κ3) is 5.69. The summed E-state index contributed by atoms with van der Waals surface area (Å²) in [4.78, 5) is 12.4. The second-order valence-corrected chi connectivity index (χ2v) is 5.80. The number of hydrogen-bond donors (Lipinski definition) is 0. The van der Waals surface area contributed by atoms with Gasteiger partial charge in [0.15, 0.2) is 5.78 Å². The van der Waals surface area contributed by atoms with Crippen molar-refractivity contribution >= 4 is 5.78 Å². The molecule has 0 fully saturated rings. The Bertz CT molecular complexity index is 875. The van der Waals surface area contributed by atoms with Crippen LogP contribution in [0.25, 0.3) is 0 Å². The molecule has 2 aliphatic carbocycles. The third-order valence-corrected chi connectivity index (χ3v) is 3.84. The molecule has 0 aromatic heterocycles. The lowest BCUT2D eigenvalue weighted by molar-refractivity contribution is -0.111. The summed E-state index contributed by atoms with van der Waals surface area (Å²) < 4.78 is 0. The van der Waals surface area contributed by atoms with Crippen LogP contribution in [0.5, 0.6) is 0 Å². The fourth-order valence-electron chi connectivity index (χ4n) is 2.45. The minimum absolute atomic E-state index is 0.0271. The summed E-state index contributed by atoms with van der Waals surface area (Å²) >= 11 is 0. The molecule has 0 aromatic carbocycles. The van der Waals surface area contributed by atoms with Gasteiger partial charge in [0.2, 0.25) is 0 Å². The molecule has 1 heteroatoms. The lowest BCUT2D eigenvalue weighted by atomic mass is 10.0. The summed E-state index contributed by atoms with van der Waals surface area (Å²) in [5.74, 6) is 5.30. The van der Waals surface area contributed by atoms with Crippen molar-refractivity contribution in [1.82, 2.24) is 0 Å². The molecule has 0 unspecified atom stereocenters. The van der Waals surface area contributed by atoms with Gasteiger partial charge in [-0.05, 0) is 29.7 Å². The Morgan fingerprint density at radius 1 is 0.920 bits per heavy atom. The molecule has 0 amide bonds. The summed E-state index contributed by atoms with van der Waals surface area (Å²) in [6.45, 7) is 1.82. The largest absolute Gasteiger partial charge is 0.290 e. The normalized spacial score (nSPS) is 17.5. The van der Waals surface area contributed by atoms with Gasteiger partial charge in [-0.1, -0.05) is 72.6 Å². The van der Waals surface area contributed by atoms with Crippen molar-refractivity contribution < 1.29 is 4.79 Å². The summed E-state index contributed by atoms with van der Waals surface area (Å²) in [7, 11) is 0. The van der Waals surface area contributed by atoms with E-state index in [9.17, 15) is 4.79 Å². The first kappa shape index (κ1) is 18.1. The predicted octanol–water partition coefficient (Wildman–Crippen LogP) is 4.95. The van der Waals surface area contributed by atoms with E-state index in [0.717, 1.165) is 22.3 Å². The van der Waals surface area contributed by atoms with Crippen LogP contribution in [0, 0.1) is 24.7 Å². The van der Waals surface area contributed by atoms with Crippen LogP contribution in [0.1, 0.15) is 19.8 Å². The molecule has 0 heterocycles. The fourth-order valence-corrected chi connectivity index (χ4v) is 2.45. The molecule has 122 valence electrons. The topological polar surface area (TPSA) is 17.1 Å². The van der Waals surface area contributed by atoms with Crippen molar-refractivity contribution in [2.45, 2.75) is 19.8 Å². The molecular weight excluding hydrogens is 304 g/mol. The van der Waals surface area contributed by atoms with Crippen LogP contribution >= 0.6 is 0 Å². The van der Waals surface area contributed by atoms with Crippen molar-refractivity contribution in [1.29, 1.82) is 0 Å². The minimum Gasteiger partial charge on any atom is -0.290 e. The van der Waals surface area contributed by atoms with E-state index in [1.165, 1.54) is 0 Å². The number of ketones is 1. The van der Waals surface area contributed by atoms with Crippen molar-refractivity contribution in [3.8, 4) is 24.7 Å². The van der Waals surface area contributed by atoms with Crippen LogP contribution in [0.15, 0.2) is 94.7 Å². The zero-order valence-corrected chi connectivity index (χ0v) is 14.3. The monoisotopic (exact) mass is 324 g/mol. The maximum atomic E-state index is 12.4. The number of hydrogen-bond acceptors (Lipinski definition) is 1. The highest BCUT2D eigenvalue weighted by Crippen LogP contribution is 2.18. The Morgan fingerprint density at radius 2 is 1.44 bits per heavy atom. The zero-order chi connectivity index (χ0) is 18.1. The maximum absolute atomic E-state index is 12.4. The average molecular weight is 324 g/mol. The van der Waals surface area contributed by atoms with E-state index in [-0.39, 0.29) is 5.78 Å². The van der Waals surface area contributed by atoms with Gasteiger partial charge in [-0.15, -0.1) is 12.8 Å². The Morgan fingerprint density at radius 3 is 2.04 bits per heavy atom. The van der Waals surface area contributed by atoms with E-state index in [2.05, 4.69) is 11.8 Å². The quantitative estimate of drug-likeness (QED) is 0.528. The lowest BCUT2D eigenvalue weighted by Crippen LogP contribution is -1.96. The Labute approximate surface area is 150 Å². The fraction of sp³-hybridized carbons (Fsp3) is 0.125. The second-order valence-electron chi connectivity index (χ2n) is 5.80. The molecule has 0 saturated carbocycles. The molecule has 25 heavy (non-hydrogen) atoms. The van der Waals surface area contributed by atoms with E-state index in [4.69, 9.17) is 12.8 Å². The van der Waals surface area contributed by atoms with Crippen LogP contribution in [0.4, 0.5) is 0 Å². The first-order chi connectivity index (χ1) is 12.1. The summed E-state index contributed by atoms with van der Waals surface area (Å²) in [6, 6.07) is 0. The summed E-state index contributed by atoms with van der Waals surface area (Å²) in [6.07, 6.45) is 33.0. The zero-order valence-electron chi connectivity index (χ0n) is 14.3. The van der Waals surface area contributed by atoms with E-state index in [0.29, 0.717) is 18.4 Å². The van der Waals surface area contributed by atoms with Crippen LogP contribution in [-0.2, 0) is 4.79 Å². The molecule has 0 aromatic rings. The van der Waals surface area contributed by atoms with Crippen molar-refractivity contribution in [2.24, 2.45) is 0 Å². The highest BCUT2D eigenvalue weighted by molar-refractivity contribution is 6.04. The van der Waals surface area contributed by atoms with Crippen molar-refractivity contribution in [3.63, 3.8) is 0 Å². The molecule has 0 atom stereocenters. The molecule has 0 bridgehead atoms. The first-order valence-electron chi connectivity index (χ1n) is 8.09. The molecule has 0 N–H and O–H groups in total. The molecule has 0 saturated heterocycles. The minimum atomic E-state index is -0.0271. The number of allylic oxidation sites excluding steroid dienone is 16. The van der Waals surface area contributed by atoms with Gasteiger partial charge in [0.1, 0.15) is 0 Å². The highest BCUT2D eigenvalue weighted by atomic mass is 16.1. The smallest absolute Gasteiger partial charge is 0.181 e. The summed E-state index contributed by atoms with van der Waals surface area (Å²) in [5.41, 5.74) is 4.50. The SMILES string of the molecule is C#CC1=CC=CC=C(/C=C/C(=O)/C(C)=C/C2=CC=CC=C(C#C)C2)C1. The first-order valence-corrected chi connectivity index (χ1v) is 8.09. The van der Waals surface area contributed by atoms with Gasteiger partial charge in [0.05, 0.1) is 0 Å². The van der Waals surface area contributed by atoms with Crippen LogP contribution < -0.4 is 0 Å². The van der Waals surface area contributed by atoms with Gasteiger partial charge >= 0.3 is 0 Å². The number of carbonyl (C=O) groups is 1. The Balaban J connectivity index is 2.08. The number of terminal acetylenes is 2. The average Bonchev–Trinajstić information content (AvgIpc) is 2.99. The number of rotatable bonds is 4. The molecule has 2 rings (SSSR count). The van der Waals surface area contributed by atoms with Gasteiger partial charge in [-0.25, -0.2) is 0 Å². The maximum Gasteiger partial charge on any atom is 0.181 e.